The number of carbonyl (C=O) groups excluding carboxylic acids is 1. The molecule has 1 amide bonds. The number of nitro benzene ring substituents is 1. The molecule has 0 aromatic heterocycles. The SMILES string of the molecule is CC(=O)Nc1cc(N2CCCC2)c([N+](=O)[O-])cc1Cl. The van der Waals surface area contributed by atoms with Crippen LogP contribution in [0.3, 0.4) is 0 Å². The van der Waals surface area contributed by atoms with E-state index in [4.69, 9.17) is 11.6 Å². The third-order valence-electron chi connectivity index (χ3n) is 3.02. The first kappa shape index (κ1) is 13.6. The van der Waals surface area contributed by atoms with Crippen molar-refractivity contribution in [2.24, 2.45) is 0 Å². The van der Waals surface area contributed by atoms with E-state index in [9.17, 15) is 14.9 Å². The zero-order valence-electron chi connectivity index (χ0n) is 10.5. The molecule has 0 atom stereocenters. The maximum atomic E-state index is 11.1. The highest BCUT2D eigenvalue weighted by atomic mass is 35.5. The number of nitrogens with one attached hydrogen (secondary N) is 1. The highest BCUT2D eigenvalue weighted by Gasteiger charge is 2.24. The maximum absolute atomic E-state index is 11.1. The van der Waals surface area contributed by atoms with E-state index in [1.54, 1.807) is 6.07 Å². The van der Waals surface area contributed by atoms with Crippen LogP contribution < -0.4 is 10.2 Å². The summed E-state index contributed by atoms with van der Waals surface area (Å²) in [6.07, 6.45) is 2.02. The highest BCUT2D eigenvalue weighted by Crippen LogP contribution is 2.37. The van der Waals surface area contributed by atoms with Crippen LogP contribution in [-0.4, -0.2) is 23.9 Å². The summed E-state index contributed by atoms with van der Waals surface area (Å²) in [6, 6.07) is 2.87. The molecule has 1 aromatic carbocycles. The molecule has 6 nitrogen and oxygen atoms in total. The maximum Gasteiger partial charge on any atom is 0.294 e. The number of carbonyl (C=O) groups is 1. The smallest absolute Gasteiger partial charge is 0.294 e. The molecule has 0 spiro atoms. The van der Waals surface area contributed by atoms with Gasteiger partial charge in [-0.3, -0.25) is 14.9 Å². The summed E-state index contributed by atoms with van der Waals surface area (Å²) in [5.41, 5.74) is 0.887. The number of hydrogen-bond acceptors (Lipinski definition) is 4. The first-order chi connectivity index (χ1) is 8.99. The van der Waals surface area contributed by atoms with Gasteiger partial charge in [0.2, 0.25) is 5.91 Å². The third-order valence-corrected chi connectivity index (χ3v) is 3.33. The van der Waals surface area contributed by atoms with Crippen LogP contribution in [-0.2, 0) is 4.79 Å². The van der Waals surface area contributed by atoms with Crippen molar-refractivity contribution in [3.05, 3.63) is 27.3 Å². The van der Waals surface area contributed by atoms with Crippen molar-refractivity contribution in [1.29, 1.82) is 0 Å². The molecule has 1 aliphatic rings. The quantitative estimate of drug-likeness (QED) is 0.683. The molecule has 7 heteroatoms. The zero-order valence-corrected chi connectivity index (χ0v) is 11.2. The molecular weight excluding hydrogens is 270 g/mol. The molecular formula is C12H14ClN3O3. The summed E-state index contributed by atoms with van der Waals surface area (Å²) in [4.78, 5) is 23.7. The van der Waals surface area contributed by atoms with Gasteiger partial charge in [-0.2, -0.15) is 0 Å². The van der Waals surface area contributed by atoms with E-state index < -0.39 is 4.92 Å². The van der Waals surface area contributed by atoms with Crippen molar-refractivity contribution < 1.29 is 9.72 Å². The Labute approximate surface area is 115 Å². The fourth-order valence-corrected chi connectivity index (χ4v) is 2.40. The van der Waals surface area contributed by atoms with Crippen molar-refractivity contribution in [2.45, 2.75) is 19.8 Å². The van der Waals surface area contributed by atoms with Crippen LogP contribution in [0.5, 0.6) is 0 Å². The highest BCUT2D eigenvalue weighted by molar-refractivity contribution is 6.34. The Morgan fingerprint density at radius 1 is 1.42 bits per heavy atom. The van der Waals surface area contributed by atoms with Gasteiger partial charge in [-0.1, -0.05) is 11.6 Å². The number of benzene rings is 1. The average molecular weight is 284 g/mol. The summed E-state index contributed by atoms with van der Waals surface area (Å²) >= 11 is 5.96. The fraction of sp³-hybridized carbons (Fsp3) is 0.417. The van der Waals surface area contributed by atoms with E-state index in [0.717, 1.165) is 25.9 Å². The molecule has 1 saturated heterocycles. The number of amides is 1. The van der Waals surface area contributed by atoms with Crippen LogP contribution in [0.15, 0.2) is 12.1 Å². The van der Waals surface area contributed by atoms with Gasteiger partial charge in [0.15, 0.2) is 0 Å². The lowest BCUT2D eigenvalue weighted by Gasteiger charge is -2.19. The number of anilines is 2. The van der Waals surface area contributed by atoms with Gasteiger partial charge < -0.3 is 10.2 Å². The topological polar surface area (TPSA) is 75.5 Å². The van der Waals surface area contributed by atoms with E-state index in [-0.39, 0.29) is 16.6 Å². The lowest BCUT2D eigenvalue weighted by Crippen LogP contribution is -2.19. The number of halogens is 1. The van der Waals surface area contributed by atoms with Crippen LogP contribution in [0.1, 0.15) is 19.8 Å². The van der Waals surface area contributed by atoms with E-state index in [1.807, 2.05) is 4.90 Å². The standard InChI is InChI=1S/C12H14ClN3O3/c1-8(17)14-10-7-11(15-4-2-3-5-15)12(16(18)19)6-9(10)13/h6-7H,2-5H2,1H3,(H,14,17). The van der Waals surface area contributed by atoms with Gasteiger partial charge in [-0.05, 0) is 18.9 Å². The lowest BCUT2D eigenvalue weighted by atomic mass is 10.2. The molecule has 0 bridgehead atoms. The molecule has 1 heterocycles. The second-order valence-electron chi connectivity index (χ2n) is 4.45. The predicted octanol–water partition coefficient (Wildman–Crippen LogP) is 2.81. The van der Waals surface area contributed by atoms with E-state index >= 15 is 0 Å². The second-order valence-corrected chi connectivity index (χ2v) is 4.86. The minimum Gasteiger partial charge on any atom is -0.366 e. The van der Waals surface area contributed by atoms with Gasteiger partial charge in [0.1, 0.15) is 5.69 Å². The number of rotatable bonds is 3. The van der Waals surface area contributed by atoms with E-state index in [2.05, 4.69) is 5.32 Å². The van der Waals surface area contributed by atoms with Crippen molar-refractivity contribution in [2.75, 3.05) is 23.3 Å². The summed E-state index contributed by atoms with van der Waals surface area (Å²) in [6.45, 7) is 2.93. The molecule has 19 heavy (non-hydrogen) atoms. The molecule has 0 radical (unpaired) electrons. The zero-order chi connectivity index (χ0) is 14.0. The average Bonchev–Trinajstić information content (AvgIpc) is 2.84. The van der Waals surface area contributed by atoms with Crippen LogP contribution in [0.25, 0.3) is 0 Å². The Hall–Kier alpha value is -1.82. The predicted molar refractivity (Wildman–Crippen MR) is 73.9 cm³/mol. The number of hydrogen-bond donors (Lipinski definition) is 1. The van der Waals surface area contributed by atoms with Gasteiger partial charge >= 0.3 is 0 Å². The molecule has 2 rings (SSSR count). The lowest BCUT2D eigenvalue weighted by molar-refractivity contribution is -0.384. The normalized spacial score (nSPS) is 14.5. The van der Waals surface area contributed by atoms with Crippen LogP contribution in [0, 0.1) is 10.1 Å². The van der Waals surface area contributed by atoms with E-state index in [1.165, 1.54) is 13.0 Å². The summed E-state index contributed by atoms with van der Waals surface area (Å²) < 4.78 is 0. The molecule has 0 unspecified atom stereocenters. The number of nitrogens with zero attached hydrogens (tertiary/aromatic N) is 2. The Morgan fingerprint density at radius 3 is 2.58 bits per heavy atom. The van der Waals surface area contributed by atoms with Gasteiger partial charge in [0, 0.05) is 26.1 Å². The van der Waals surface area contributed by atoms with Crippen molar-refractivity contribution in [3.8, 4) is 0 Å². The van der Waals surface area contributed by atoms with Gasteiger partial charge in [-0.15, -0.1) is 0 Å². The second kappa shape index (κ2) is 5.44. The van der Waals surface area contributed by atoms with Crippen molar-refractivity contribution >= 4 is 34.6 Å². The summed E-state index contributed by atoms with van der Waals surface area (Å²) in [5, 5.41) is 13.9. The van der Waals surface area contributed by atoms with Gasteiger partial charge in [0.05, 0.1) is 15.6 Å². The fourth-order valence-electron chi connectivity index (χ4n) is 2.19. The Bertz CT molecular complexity index is 527. The molecule has 102 valence electrons. The first-order valence-electron chi connectivity index (χ1n) is 5.99. The first-order valence-corrected chi connectivity index (χ1v) is 6.37. The van der Waals surface area contributed by atoms with Crippen LogP contribution in [0.2, 0.25) is 5.02 Å². The number of nitro groups is 1. The van der Waals surface area contributed by atoms with Crippen LogP contribution in [0.4, 0.5) is 17.1 Å². The molecule has 0 aliphatic carbocycles. The third kappa shape index (κ3) is 2.96. The Kier molecular flexibility index (Phi) is 3.90. The summed E-state index contributed by atoms with van der Waals surface area (Å²) in [5.74, 6) is -0.261. The van der Waals surface area contributed by atoms with Crippen LogP contribution >= 0.6 is 11.6 Å². The molecule has 1 aliphatic heterocycles. The Morgan fingerprint density at radius 2 is 2.05 bits per heavy atom. The molecule has 0 saturated carbocycles. The largest absolute Gasteiger partial charge is 0.366 e. The monoisotopic (exact) mass is 283 g/mol. The van der Waals surface area contributed by atoms with Gasteiger partial charge in [0.25, 0.3) is 5.69 Å². The molecule has 1 fully saturated rings. The minimum atomic E-state index is -0.447. The Balaban J connectivity index is 2.47. The van der Waals surface area contributed by atoms with Crippen molar-refractivity contribution in [3.63, 3.8) is 0 Å². The molecule has 1 aromatic rings. The minimum absolute atomic E-state index is 0.0268. The van der Waals surface area contributed by atoms with Gasteiger partial charge in [-0.25, -0.2) is 0 Å². The summed E-state index contributed by atoms with van der Waals surface area (Å²) in [7, 11) is 0. The van der Waals surface area contributed by atoms with E-state index in [0.29, 0.717) is 11.4 Å². The van der Waals surface area contributed by atoms with Crippen molar-refractivity contribution in [1.82, 2.24) is 0 Å². The molecule has 1 N–H and O–H groups in total.